The Morgan fingerprint density at radius 1 is 1.44 bits per heavy atom. The van der Waals surface area contributed by atoms with Crippen molar-refractivity contribution in [1.82, 2.24) is 0 Å². The van der Waals surface area contributed by atoms with Gasteiger partial charge in [0.2, 0.25) is 0 Å². The van der Waals surface area contributed by atoms with Gasteiger partial charge in [0, 0.05) is 5.41 Å². The second-order valence-electron chi connectivity index (χ2n) is 6.40. The van der Waals surface area contributed by atoms with Gasteiger partial charge in [0.25, 0.3) is 0 Å². The fraction of sp³-hybridized carbons (Fsp3) is 0.733. The smallest absolute Gasteiger partial charge is 0.0932 e. The normalized spacial score (nSPS) is 54.1. The number of rotatable bonds is 1. The van der Waals surface area contributed by atoms with Gasteiger partial charge in [0.1, 0.15) is 0 Å². The Labute approximate surface area is 98.6 Å². The zero-order valence-corrected chi connectivity index (χ0v) is 10.7. The minimum Gasteiger partial charge on any atom is -0.360 e. The van der Waals surface area contributed by atoms with Gasteiger partial charge in [-0.2, -0.15) is 0 Å². The predicted molar refractivity (Wildman–Crippen MR) is 66.2 cm³/mol. The van der Waals surface area contributed by atoms with Gasteiger partial charge < -0.3 is 4.74 Å². The third-order valence-corrected chi connectivity index (χ3v) is 5.64. The molecule has 2 saturated heterocycles. The van der Waals surface area contributed by atoms with E-state index in [9.17, 15) is 0 Å². The van der Waals surface area contributed by atoms with Crippen LogP contribution in [0.25, 0.3) is 0 Å². The Hall–Kier alpha value is -0.560. The van der Waals surface area contributed by atoms with Crippen LogP contribution in [0.1, 0.15) is 46.5 Å². The van der Waals surface area contributed by atoms with Gasteiger partial charge in [-0.15, -0.1) is 0 Å². The molecule has 0 saturated carbocycles. The summed E-state index contributed by atoms with van der Waals surface area (Å²) in [5.41, 5.74) is 1.54. The van der Waals surface area contributed by atoms with E-state index in [1.165, 1.54) is 24.8 Å². The van der Waals surface area contributed by atoms with Gasteiger partial charge in [-0.25, -0.2) is 0 Å². The molecule has 0 N–H and O–H groups in total. The van der Waals surface area contributed by atoms with Gasteiger partial charge in [-0.3, -0.25) is 0 Å². The Morgan fingerprint density at radius 3 is 2.81 bits per heavy atom. The molecule has 2 aliphatic heterocycles. The van der Waals surface area contributed by atoms with Crippen LogP contribution in [-0.2, 0) is 4.74 Å². The zero-order valence-electron chi connectivity index (χ0n) is 10.7. The van der Waals surface area contributed by atoms with Crippen LogP contribution in [0.15, 0.2) is 24.3 Å². The van der Waals surface area contributed by atoms with Crippen molar-refractivity contribution in [3.05, 3.63) is 24.3 Å². The highest BCUT2D eigenvalue weighted by Crippen LogP contribution is 2.67. The summed E-state index contributed by atoms with van der Waals surface area (Å²) in [4.78, 5) is 0. The molecule has 2 bridgehead atoms. The maximum absolute atomic E-state index is 6.50. The predicted octanol–water partition coefficient (Wildman–Crippen LogP) is 3.86. The molecule has 2 fully saturated rings. The molecule has 1 spiro atoms. The third-order valence-electron chi connectivity index (χ3n) is 5.64. The lowest BCUT2D eigenvalue weighted by molar-refractivity contribution is -0.0480. The third kappa shape index (κ3) is 0.964. The second kappa shape index (κ2) is 2.81. The summed E-state index contributed by atoms with van der Waals surface area (Å²) in [5, 5.41) is 0. The van der Waals surface area contributed by atoms with E-state index in [1.54, 1.807) is 0 Å². The molecule has 0 aromatic heterocycles. The van der Waals surface area contributed by atoms with E-state index in [4.69, 9.17) is 4.74 Å². The average Bonchev–Trinajstić information content (AvgIpc) is 2.70. The van der Waals surface area contributed by atoms with E-state index in [1.807, 2.05) is 0 Å². The van der Waals surface area contributed by atoms with Gasteiger partial charge in [-0.1, -0.05) is 32.6 Å². The van der Waals surface area contributed by atoms with Gasteiger partial charge in [-0.05, 0) is 44.1 Å². The largest absolute Gasteiger partial charge is 0.360 e. The first-order valence-electron chi connectivity index (χ1n) is 6.48. The standard InChI is InChI=1S/C15H22O/c1-11(2)14-8-9-15(16-14)7-5-6-12(3)13(15,4)10-14/h5,7,12H,1,6,8-10H2,2-4H3/t12-,13+,14?,15+/m1/s1. The van der Waals surface area contributed by atoms with Crippen molar-refractivity contribution in [3.63, 3.8) is 0 Å². The Bertz CT molecular complexity index is 383. The van der Waals surface area contributed by atoms with Crippen molar-refractivity contribution >= 4 is 0 Å². The van der Waals surface area contributed by atoms with E-state index in [-0.39, 0.29) is 11.2 Å². The molecule has 1 nitrogen and oxygen atoms in total. The first-order valence-corrected chi connectivity index (χ1v) is 6.48. The number of allylic oxidation sites excluding steroid dienone is 1. The van der Waals surface area contributed by atoms with Crippen molar-refractivity contribution in [2.24, 2.45) is 11.3 Å². The maximum Gasteiger partial charge on any atom is 0.0932 e. The average molecular weight is 218 g/mol. The monoisotopic (exact) mass is 218 g/mol. The van der Waals surface area contributed by atoms with Crippen LogP contribution < -0.4 is 0 Å². The fourth-order valence-corrected chi connectivity index (χ4v) is 4.18. The minimum absolute atomic E-state index is 0.0162. The highest BCUT2D eigenvalue weighted by molar-refractivity contribution is 5.32. The highest BCUT2D eigenvalue weighted by atomic mass is 16.5. The molecule has 1 heteroatoms. The Balaban J connectivity index is 2.10. The topological polar surface area (TPSA) is 9.23 Å². The van der Waals surface area contributed by atoms with Crippen molar-refractivity contribution in [3.8, 4) is 0 Å². The molecular weight excluding hydrogens is 196 g/mol. The lowest BCUT2D eigenvalue weighted by Gasteiger charge is -2.47. The van der Waals surface area contributed by atoms with Crippen LogP contribution in [0.2, 0.25) is 0 Å². The van der Waals surface area contributed by atoms with Crippen molar-refractivity contribution in [2.75, 3.05) is 0 Å². The summed E-state index contributed by atoms with van der Waals surface area (Å²) >= 11 is 0. The van der Waals surface area contributed by atoms with E-state index in [0.29, 0.717) is 5.41 Å². The molecule has 2 heterocycles. The van der Waals surface area contributed by atoms with Crippen molar-refractivity contribution in [2.45, 2.75) is 57.7 Å². The van der Waals surface area contributed by atoms with Crippen LogP contribution in [-0.4, -0.2) is 11.2 Å². The van der Waals surface area contributed by atoms with Crippen molar-refractivity contribution < 1.29 is 4.74 Å². The van der Waals surface area contributed by atoms with Crippen LogP contribution in [0, 0.1) is 11.3 Å². The second-order valence-corrected chi connectivity index (χ2v) is 6.40. The number of hydrogen-bond acceptors (Lipinski definition) is 1. The zero-order chi connectivity index (χ0) is 11.6. The molecule has 0 radical (unpaired) electrons. The first kappa shape index (κ1) is 10.6. The summed E-state index contributed by atoms with van der Waals surface area (Å²) in [7, 11) is 0. The van der Waals surface area contributed by atoms with E-state index < -0.39 is 0 Å². The lowest BCUT2D eigenvalue weighted by atomic mass is 9.55. The Morgan fingerprint density at radius 2 is 2.19 bits per heavy atom. The molecule has 3 rings (SSSR count). The lowest BCUT2D eigenvalue weighted by Crippen LogP contribution is -2.47. The highest BCUT2D eigenvalue weighted by Gasteiger charge is 2.68. The van der Waals surface area contributed by atoms with Crippen LogP contribution in [0.4, 0.5) is 0 Å². The van der Waals surface area contributed by atoms with E-state index >= 15 is 0 Å². The summed E-state index contributed by atoms with van der Waals surface area (Å²) in [6.07, 6.45) is 9.39. The van der Waals surface area contributed by atoms with Crippen LogP contribution >= 0.6 is 0 Å². The van der Waals surface area contributed by atoms with Crippen LogP contribution in [0.3, 0.4) is 0 Å². The van der Waals surface area contributed by atoms with Crippen molar-refractivity contribution in [1.29, 1.82) is 0 Å². The van der Waals surface area contributed by atoms with Gasteiger partial charge in [0.15, 0.2) is 0 Å². The molecule has 16 heavy (non-hydrogen) atoms. The number of fused-ring (bicyclic) bond motifs is 1. The number of ether oxygens (including phenoxy) is 1. The van der Waals surface area contributed by atoms with E-state index in [2.05, 4.69) is 39.5 Å². The quantitative estimate of drug-likeness (QED) is 0.607. The summed E-state index contributed by atoms with van der Waals surface area (Å²) in [5.74, 6) is 0.721. The molecule has 88 valence electrons. The fourth-order valence-electron chi connectivity index (χ4n) is 4.18. The minimum atomic E-state index is -0.0162. The Kier molecular flexibility index (Phi) is 1.86. The van der Waals surface area contributed by atoms with Gasteiger partial charge in [0.05, 0.1) is 11.2 Å². The molecule has 1 aliphatic carbocycles. The molecule has 0 aromatic carbocycles. The van der Waals surface area contributed by atoms with E-state index in [0.717, 1.165) is 12.3 Å². The van der Waals surface area contributed by atoms with Gasteiger partial charge >= 0.3 is 0 Å². The molecular formula is C15H22O. The summed E-state index contributed by atoms with van der Waals surface area (Å²) < 4.78 is 6.50. The number of hydrogen-bond donors (Lipinski definition) is 0. The summed E-state index contributed by atoms with van der Waals surface area (Å²) in [6.45, 7) is 11.1. The molecule has 0 aromatic rings. The molecule has 0 amide bonds. The molecule has 3 aliphatic rings. The first-order chi connectivity index (χ1) is 7.44. The summed E-state index contributed by atoms with van der Waals surface area (Å²) in [6, 6.07) is 0. The SMILES string of the molecule is C=C(C)C12CC[C@]3(C=CC[C@@H](C)[C@]3(C)C1)O2. The maximum atomic E-state index is 6.50. The molecule has 1 unspecified atom stereocenters. The van der Waals surface area contributed by atoms with Crippen LogP contribution in [0.5, 0.6) is 0 Å². The molecule has 4 atom stereocenters.